The number of para-hydroxylation sites is 1. The third-order valence-electron chi connectivity index (χ3n) is 6.16. The molecule has 3 amide bonds. The van der Waals surface area contributed by atoms with E-state index in [9.17, 15) is 14.4 Å². The Morgan fingerprint density at radius 1 is 0.879 bits per heavy atom. The fraction of sp³-hybridized carbons (Fsp3) is 0.400. The quantitative estimate of drug-likeness (QED) is 0.663. The van der Waals surface area contributed by atoms with Crippen LogP contribution in [-0.2, 0) is 20.9 Å². The van der Waals surface area contributed by atoms with Gasteiger partial charge in [-0.15, -0.1) is 0 Å². The van der Waals surface area contributed by atoms with Crippen LogP contribution < -0.4 is 10.6 Å². The van der Waals surface area contributed by atoms with Gasteiger partial charge in [0.25, 0.3) is 0 Å². The molecule has 2 aromatic rings. The molecule has 1 unspecified atom stereocenters. The van der Waals surface area contributed by atoms with Crippen molar-refractivity contribution >= 4 is 23.4 Å². The number of nitrogens with zero attached hydrogens (tertiary/aromatic N) is 3. The molecule has 2 fully saturated rings. The maximum atomic E-state index is 13.1. The predicted octanol–water partition coefficient (Wildman–Crippen LogP) is 1.16. The topological polar surface area (TPSA) is 85.0 Å². The molecule has 0 aliphatic carbocycles. The van der Waals surface area contributed by atoms with Crippen LogP contribution in [0.1, 0.15) is 12.0 Å². The highest BCUT2D eigenvalue weighted by Crippen LogP contribution is 2.14. The van der Waals surface area contributed by atoms with Crippen molar-refractivity contribution in [3.8, 4) is 0 Å². The molecule has 174 valence electrons. The number of anilines is 1. The first-order chi connectivity index (χ1) is 16.1. The second kappa shape index (κ2) is 11.1. The lowest BCUT2D eigenvalue weighted by molar-refractivity contribution is -0.145. The van der Waals surface area contributed by atoms with Crippen LogP contribution in [0.5, 0.6) is 0 Å². The van der Waals surface area contributed by atoms with Crippen LogP contribution in [0.2, 0.25) is 0 Å². The minimum absolute atomic E-state index is 0.0582. The Morgan fingerprint density at radius 2 is 1.52 bits per heavy atom. The Morgan fingerprint density at radius 3 is 2.21 bits per heavy atom. The van der Waals surface area contributed by atoms with Crippen LogP contribution in [0.3, 0.4) is 0 Å². The van der Waals surface area contributed by atoms with Gasteiger partial charge in [0.1, 0.15) is 6.04 Å². The fourth-order valence-electron chi connectivity index (χ4n) is 4.35. The highest BCUT2D eigenvalue weighted by molar-refractivity contribution is 5.97. The number of benzene rings is 2. The van der Waals surface area contributed by atoms with E-state index in [1.165, 1.54) is 5.56 Å². The minimum atomic E-state index is -0.783. The average Bonchev–Trinajstić information content (AvgIpc) is 2.83. The van der Waals surface area contributed by atoms with Gasteiger partial charge in [-0.2, -0.15) is 0 Å². The Balaban J connectivity index is 1.28. The number of carbonyl (C=O) groups excluding carboxylic acids is 3. The molecule has 0 aromatic heterocycles. The van der Waals surface area contributed by atoms with Gasteiger partial charge in [0, 0.05) is 51.5 Å². The number of amides is 3. The average molecular weight is 450 g/mol. The molecule has 0 radical (unpaired) electrons. The molecule has 2 N–H and O–H groups in total. The summed E-state index contributed by atoms with van der Waals surface area (Å²) >= 11 is 0. The summed E-state index contributed by atoms with van der Waals surface area (Å²) in [7, 11) is 0. The molecule has 8 heteroatoms. The lowest BCUT2D eigenvalue weighted by atomic mass is 10.1. The second-order valence-electron chi connectivity index (χ2n) is 8.55. The third-order valence-corrected chi connectivity index (χ3v) is 6.16. The number of hydrogen-bond donors (Lipinski definition) is 2. The van der Waals surface area contributed by atoms with Gasteiger partial charge >= 0.3 is 0 Å². The van der Waals surface area contributed by atoms with Crippen molar-refractivity contribution in [3.05, 3.63) is 66.2 Å². The van der Waals surface area contributed by atoms with Gasteiger partial charge < -0.3 is 15.5 Å². The molecular weight excluding hydrogens is 418 g/mol. The minimum Gasteiger partial charge on any atom is -0.353 e. The zero-order valence-electron chi connectivity index (χ0n) is 18.8. The van der Waals surface area contributed by atoms with Crippen molar-refractivity contribution in [2.75, 3.05) is 51.1 Å². The Bertz CT molecular complexity index is 945. The van der Waals surface area contributed by atoms with E-state index >= 15 is 0 Å². The number of piperazine rings is 2. The number of rotatable bonds is 7. The van der Waals surface area contributed by atoms with Crippen molar-refractivity contribution < 1.29 is 14.4 Å². The van der Waals surface area contributed by atoms with Gasteiger partial charge in [0.2, 0.25) is 17.7 Å². The van der Waals surface area contributed by atoms with Gasteiger partial charge in [0.05, 0.1) is 13.0 Å². The van der Waals surface area contributed by atoms with Gasteiger partial charge in [0.15, 0.2) is 0 Å². The van der Waals surface area contributed by atoms with Crippen molar-refractivity contribution in [1.82, 2.24) is 20.0 Å². The smallest absolute Gasteiger partial charge is 0.243 e. The highest BCUT2D eigenvalue weighted by Gasteiger charge is 2.35. The third kappa shape index (κ3) is 6.40. The monoisotopic (exact) mass is 449 g/mol. The lowest BCUT2D eigenvalue weighted by Crippen LogP contribution is -2.60. The molecule has 0 saturated carbocycles. The van der Waals surface area contributed by atoms with Crippen LogP contribution in [0.25, 0.3) is 0 Å². The van der Waals surface area contributed by atoms with E-state index in [2.05, 4.69) is 44.7 Å². The van der Waals surface area contributed by atoms with E-state index in [4.69, 9.17) is 0 Å². The van der Waals surface area contributed by atoms with Crippen LogP contribution in [0, 0.1) is 0 Å². The normalized spacial score (nSPS) is 19.7. The molecule has 1 atom stereocenters. The predicted molar refractivity (Wildman–Crippen MR) is 126 cm³/mol. The first-order valence-electron chi connectivity index (χ1n) is 11.5. The standard InChI is InChI=1S/C25H31N5O3/c31-23(27-21-9-5-2-6-10-21)17-22-25(33)26-11-12-30(22)24(32)19-29-15-13-28(14-16-29)18-20-7-3-1-4-8-20/h1-10,22H,11-19H2,(H,26,33)(H,27,31). The van der Waals surface area contributed by atoms with Gasteiger partial charge in [-0.05, 0) is 17.7 Å². The Kier molecular flexibility index (Phi) is 7.70. The van der Waals surface area contributed by atoms with Crippen molar-refractivity contribution in [2.24, 2.45) is 0 Å². The molecule has 2 aliphatic rings. The zero-order chi connectivity index (χ0) is 23.0. The van der Waals surface area contributed by atoms with Crippen LogP contribution in [-0.4, -0.2) is 84.3 Å². The first kappa shape index (κ1) is 22.9. The second-order valence-corrected chi connectivity index (χ2v) is 8.55. The maximum absolute atomic E-state index is 13.1. The molecule has 4 rings (SSSR count). The molecule has 33 heavy (non-hydrogen) atoms. The van der Waals surface area contributed by atoms with Crippen LogP contribution >= 0.6 is 0 Å². The van der Waals surface area contributed by atoms with E-state index in [1.807, 2.05) is 24.3 Å². The zero-order valence-corrected chi connectivity index (χ0v) is 18.8. The summed E-state index contributed by atoms with van der Waals surface area (Å²) in [5, 5.41) is 5.59. The lowest BCUT2D eigenvalue weighted by Gasteiger charge is -2.38. The van der Waals surface area contributed by atoms with Crippen molar-refractivity contribution in [3.63, 3.8) is 0 Å². The summed E-state index contributed by atoms with van der Waals surface area (Å²) in [6.45, 7) is 5.40. The van der Waals surface area contributed by atoms with Crippen LogP contribution in [0.15, 0.2) is 60.7 Å². The summed E-state index contributed by atoms with van der Waals surface area (Å²) in [4.78, 5) is 44.2. The van der Waals surface area contributed by atoms with Gasteiger partial charge in [-0.1, -0.05) is 48.5 Å². The molecule has 0 bridgehead atoms. The highest BCUT2D eigenvalue weighted by atomic mass is 16.2. The van der Waals surface area contributed by atoms with E-state index in [0.29, 0.717) is 18.8 Å². The number of carbonyl (C=O) groups is 3. The number of nitrogens with one attached hydrogen (secondary N) is 2. The summed E-state index contributed by atoms with van der Waals surface area (Å²) in [6, 6.07) is 18.7. The molecule has 0 spiro atoms. The largest absolute Gasteiger partial charge is 0.353 e. The van der Waals surface area contributed by atoms with Crippen molar-refractivity contribution in [2.45, 2.75) is 19.0 Å². The summed E-state index contributed by atoms with van der Waals surface area (Å²) in [5.74, 6) is -0.653. The van der Waals surface area contributed by atoms with Gasteiger partial charge in [-0.25, -0.2) is 0 Å². The first-order valence-corrected chi connectivity index (χ1v) is 11.5. The molecule has 2 saturated heterocycles. The summed E-state index contributed by atoms with van der Waals surface area (Å²) in [6.07, 6.45) is -0.0582. The van der Waals surface area contributed by atoms with Gasteiger partial charge in [-0.3, -0.25) is 24.2 Å². The molecule has 8 nitrogen and oxygen atoms in total. The Labute approximate surface area is 194 Å². The molecule has 2 heterocycles. The summed E-state index contributed by atoms with van der Waals surface area (Å²) in [5.41, 5.74) is 1.96. The molecular formula is C25H31N5O3. The van der Waals surface area contributed by atoms with Crippen molar-refractivity contribution in [1.29, 1.82) is 0 Å². The van der Waals surface area contributed by atoms with E-state index in [0.717, 1.165) is 32.7 Å². The summed E-state index contributed by atoms with van der Waals surface area (Å²) < 4.78 is 0. The fourth-order valence-corrected chi connectivity index (χ4v) is 4.35. The Hall–Kier alpha value is -3.23. The maximum Gasteiger partial charge on any atom is 0.243 e. The van der Waals surface area contributed by atoms with E-state index < -0.39 is 6.04 Å². The van der Waals surface area contributed by atoms with E-state index in [-0.39, 0.29) is 30.7 Å². The van der Waals surface area contributed by atoms with Crippen LogP contribution in [0.4, 0.5) is 5.69 Å². The SMILES string of the molecule is O=C(CC1C(=O)NCCN1C(=O)CN1CCN(Cc2ccccc2)CC1)Nc1ccccc1. The molecule has 2 aliphatic heterocycles. The number of hydrogen-bond acceptors (Lipinski definition) is 5. The van der Waals surface area contributed by atoms with E-state index in [1.54, 1.807) is 17.0 Å². The molecule has 2 aromatic carbocycles.